The van der Waals surface area contributed by atoms with E-state index in [-0.39, 0.29) is 42.9 Å². The van der Waals surface area contributed by atoms with E-state index in [1.165, 1.54) is 34.6 Å². The van der Waals surface area contributed by atoms with Crippen molar-refractivity contribution in [3.63, 3.8) is 0 Å². The second kappa shape index (κ2) is 18.6. The fourth-order valence-electron chi connectivity index (χ4n) is 4.65. The second-order valence-electron chi connectivity index (χ2n) is 11.2. The number of carbonyl (C=O) groups is 2. The first-order valence-corrected chi connectivity index (χ1v) is 16.9. The van der Waals surface area contributed by atoms with E-state index in [0.29, 0.717) is 55.6 Å². The molecule has 0 unspecified atom stereocenters. The van der Waals surface area contributed by atoms with Crippen molar-refractivity contribution in [1.29, 1.82) is 0 Å². The van der Waals surface area contributed by atoms with E-state index in [2.05, 4.69) is 20.6 Å². The number of benzene rings is 1. The highest BCUT2D eigenvalue weighted by atomic mass is 32.1. The molecule has 50 heavy (non-hydrogen) atoms. The lowest BCUT2D eigenvalue weighted by molar-refractivity contribution is -0.135. The molecule has 3 N–H and O–H groups in total. The number of aromatic nitrogens is 2. The number of hydrogen-bond donors (Lipinski definition) is 3. The van der Waals surface area contributed by atoms with Crippen LogP contribution in [0.2, 0.25) is 0 Å². The number of nitrogens with zero attached hydrogens (tertiary/aromatic N) is 3. The first-order valence-electron chi connectivity index (χ1n) is 16.0. The van der Waals surface area contributed by atoms with Crippen LogP contribution in [0.25, 0.3) is 20.8 Å². The SMILES string of the molecule is COCCOCCOCCOCCN(Cc1ccc(-c2cc3nccc(Oc4ccc(NC(=O)NC5CC5)c(F)c4F)c3s2)nc1)C(=O)CO. The molecule has 0 aliphatic heterocycles. The molecule has 0 radical (unpaired) electrons. The van der Waals surface area contributed by atoms with Crippen LogP contribution in [0.15, 0.2) is 48.8 Å². The smallest absolute Gasteiger partial charge is 0.319 e. The molecule has 16 heteroatoms. The predicted molar refractivity (Wildman–Crippen MR) is 181 cm³/mol. The predicted octanol–water partition coefficient (Wildman–Crippen LogP) is 4.73. The maximum Gasteiger partial charge on any atom is 0.319 e. The highest BCUT2D eigenvalue weighted by Crippen LogP contribution is 2.39. The first-order chi connectivity index (χ1) is 24.4. The van der Waals surface area contributed by atoms with Crippen LogP contribution in [0.4, 0.5) is 19.3 Å². The van der Waals surface area contributed by atoms with Crippen molar-refractivity contribution in [2.45, 2.75) is 25.4 Å². The van der Waals surface area contributed by atoms with Gasteiger partial charge in [-0.05, 0) is 42.7 Å². The number of thiophene rings is 1. The summed E-state index contributed by atoms with van der Waals surface area (Å²) in [5, 5.41) is 14.5. The highest BCUT2D eigenvalue weighted by molar-refractivity contribution is 7.22. The summed E-state index contributed by atoms with van der Waals surface area (Å²) in [7, 11) is 1.61. The van der Waals surface area contributed by atoms with Crippen LogP contribution in [0.3, 0.4) is 0 Å². The zero-order valence-corrected chi connectivity index (χ0v) is 28.3. The molecule has 1 aliphatic rings. The van der Waals surface area contributed by atoms with Crippen molar-refractivity contribution in [2.24, 2.45) is 0 Å². The van der Waals surface area contributed by atoms with E-state index >= 15 is 0 Å². The number of amides is 3. The number of pyridine rings is 2. The molecule has 13 nitrogen and oxygen atoms in total. The molecule has 0 spiro atoms. The lowest BCUT2D eigenvalue weighted by Crippen LogP contribution is -2.35. The van der Waals surface area contributed by atoms with Crippen LogP contribution in [0.5, 0.6) is 11.5 Å². The molecule has 1 saturated carbocycles. The second-order valence-corrected chi connectivity index (χ2v) is 12.3. The molecule has 0 atom stereocenters. The van der Waals surface area contributed by atoms with E-state index in [9.17, 15) is 23.5 Å². The van der Waals surface area contributed by atoms with Gasteiger partial charge in [0.15, 0.2) is 11.6 Å². The van der Waals surface area contributed by atoms with Crippen LogP contribution >= 0.6 is 11.3 Å². The summed E-state index contributed by atoms with van der Waals surface area (Å²) in [6.45, 7) is 2.80. The van der Waals surface area contributed by atoms with Crippen molar-refractivity contribution < 1.29 is 47.2 Å². The van der Waals surface area contributed by atoms with E-state index in [4.69, 9.17) is 23.7 Å². The summed E-state index contributed by atoms with van der Waals surface area (Å²) in [5.41, 5.74) is 1.66. The van der Waals surface area contributed by atoms with Crippen molar-refractivity contribution >= 4 is 39.2 Å². The van der Waals surface area contributed by atoms with Gasteiger partial charge in [0.1, 0.15) is 12.4 Å². The summed E-state index contributed by atoms with van der Waals surface area (Å²) in [6, 6.07) is 8.95. The van der Waals surface area contributed by atoms with Gasteiger partial charge in [-0.3, -0.25) is 14.8 Å². The lowest BCUT2D eigenvalue weighted by atomic mass is 10.2. The molecular weight excluding hydrogens is 676 g/mol. The molecule has 5 rings (SSSR count). The molecule has 3 amide bonds. The van der Waals surface area contributed by atoms with Crippen molar-refractivity contribution in [3.8, 4) is 22.1 Å². The Hall–Kier alpha value is -4.32. The Morgan fingerprint density at radius 1 is 0.940 bits per heavy atom. The number of urea groups is 1. The topological polar surface area (TPSA) is 154 Å². The van der Waals surface area contributed by atoms with Gasteiger partial charge in [0.25, 0.3) is 0 Å². The Balaban J connectivity index is 1.15. The number of fused-ring (bicyclic) bond motifs is 1. The third kappa shape index (κ3) is 10.6. The van der Waals surface area contributed by atoms with Gasteiger partial charge in [0, 0.05) is 44.7 Å². The number of aliphatic hydroxyl groups excluding tert-OH is 1. The van der Waals surface area contributed by atoms with E-state index in [1.54, 1.807) is 25.4 Å². The van der Waals surface area contributed by atoms with Gasteiger partial charge in [-0.2, -0.15) is 4.39 Å². The summed E-state index contributed by atoms with van der Waals surface area (Å²) in [4.78, 5) is 35.6. The molecule has 1 fully saturated rings. The number of methoxy groups -OCH3 is 1. The van der Waals surface area contributed by atoms with Crippen LogP contribution in [0.1, 0.15) is 18.4 Å². The van der Waals surface area contributed by atoms with Gasteiger partial charge in [0.05, 0.1) is 72.7 Å². The van der Waals surface area contributed by atoms with E-state index in [1.807, 2.05) is 12.1 Å². The number of ether oxygens (including phenoxy) is 5. The normalized spacial score (nSPS) is 12.6. The third-order valence-corrected chi connectivity index (χ3v) is 8.58. The van der Waals surface area contributed by atoms with Gasteiger partial charge in [-0.1, -0.05) is 6.07 Å². The molecule has 3 aromatic heterocycles. The molecule has 1 aliphatic carbocycles. The maximum atomic E-state index is 15.0. The van der Waals surface area contributed by atoms with Crippen LogP contribution in [0, 0.1) is 11.6 Å². The van der Waals surface area contributed by atoms with Gasteiger partial charge >= 0.3 is 6.03 Å². The van der Waals surface area contributed by atoms with Crippen molar-refractivity contribution in [3.05, 3.63) is 66.0 Å². The van der Waals surface area contributed by atoms with Crippen LogP contribution < -0.4 is 15.4 Å². The fourth-order valence-corrected chi connectivity index (χ4v) is 5.70. The quantitative estimate of drug-likeness (QED) is 0.110. The maximum absolute atomic E-state index is 15.0. The Morgan fingerprint density at radius 2 is 1.68 bits per heavy atom. The third-order valence-electron chi connectivity index (χ3n) is 7.42. The monoisotopic (exact) mass is 715 g/mol. The fraction of sp³-hybridized carbons (Fsp3) is 0.412. The summed E-state index contributed by atoms with van der Waals surface area (Å²) in [5.74, 6) is -2.99. The minimum absolute atomic E-state index is 0.0624. The van der Waals surface area contributed by atoms with Crippen LogP contribution in [-0.2, 0) is 30.3 Å². The minimum Gasteiger partial charge on any atom is -0.453 e. The number of rotatable bonds is 20. The lowest BCUT2D eigenvalue weighted by Gasteiger charge is -2.22. The number of nitrogens with one attached hydrogen (secondary N) is 2. The van der Waals surface area contributed by atoms with E-state index in [0.717, 1.165) is 23.3 Å². The molecule has 268 valence electrons. The van der Waals surface area contributed by atoms with Gasteiger partial charge < -0.3 is 44.3 Å². The van der Waals surface area contributed by atoms with Crippen molar-refractivity contribution in [2.75, 3.05) is 71.8 Å². The molecular formula is C34H39F2N5O8S. The molecule has 4 aromatic rings. The summed E-state index contributed by atoms with van der Waals surface area (Å²) < 4.78 is 57.4. The minimum atomic E-state index is -1.24. The van der Waals surface area contributed by atoms with Crippen molar-refractivity contribution in [1.82, 2.24) is 20.2 Å². The van der Waals surface area contributed by atoms with Crippen LogP contribution in [-0.4, -0.2) is 104 Å². The number of aliphatic hydroxyl groups is 1. The number of halogens is 2. The highest BCUT2D eigenvalue weighted by Gasteiger charge is 2.25. The largest absolute Gasteiger partial charge is 0.453 e. The Kier molecular flexibility index (Phi) is 13.8. The van der Waals surface area contributed by atoms with E-state index < -0.39 is 30.2 Å². The molecule has 1 aromatic carbocycles. The zero-order valence-electron chi connectivity index (χ0n) is 27.5. The average molecular weight is 716 g/mol. The van der Waals surface area contributed by atoms with Gasteiger partial charge in [0.2, 0.25) is 11.7 Å². The Morgan fingerprint density at radius 3 is 2.36 bits per heavy atom. The number of hydrogen-bond acceptors (Lipinski definition) is 11. The van der Waals surface area contributed by atoms with Gasteiger partial charge in [-0.15, -0.1) is 11.3 Å². The zero-order chi connectivity index (χ0) is 35.3. The molecule has 0 bridgehead atoms. The summed E-state index contributed by atoms with van der Waals surface area (Å²) in [6.07, 6.45) is 4.86. The molecule has 0 saturated heterocycles. The number of anilines is 1. The average Bonchev–Trinajstić information content (AvgIpc) is 3.83. The molecule has 3 heterocycles. The Labute approximate surface area is 291 Å². The number of carbonyl (C=O) groups excluding carboxylic acids is 2. The van der Waals surface area contributed by atoms with Gasteiger partial charge in [-0.25, -0.2) is 9.18 Å². The standard InChI is InChI=1S/C34H39F2N5O8S/c1-45-12-13-47-16-17-48-15-14-46-11-10-41(30(43)21-42)20-22-2-5-24(38-19-22)29-18-26-33(50-29)28(8-9-37-26)49-27-7-6-25(31(35)32(27)36)40-34(44)39-23-3-4-23/h2,5-9,18-19,23,42H,3-4,10-17,20-21H2,1H3,(H2,39,40,44). The Bertz CT molecular complexity index is 1720. The summed E-state index contributed by atoms with van der Waals surface area (Å²) >= 11 is 1.31. The first kappa shape index (κ1) is 36.9.